The van der Waals surface area contributed by atoms with Gasteiger partial charge in [0, 0.05) is 19.6 Å². The summed E-state index contributed by atoms with van der Waals surface area (Å²) in [4.78, 5) is 17.0. The van der Waals surface area contributed by atoms with Crippen LogP contribution in [0.5, 0.6) is 0 Å². The SMILES string of the molecule is CCC[C@@H](C(=O)OCC)N1CCC(CN2CCOCC2)CC1. The van der Waals surface area contributed by atoms with Crippen molar-refractivity contribution < 1.29 is 14.3 Å². The lowest BCUT2D eigenvalue weighted by atomic mass is 9.94. The van der Waals surface area contributed by atoms with Crippen molar-refractivity contribution in [2.75, 3.05) is 52.5 Å². The largest absolute Gasteiger partial charge is 0.465 e. The molecule has 0 aromatic carbocycles. The summed E-state index contributed by atoms with van der Waals surface area (Å²) in [6.07, 6.45) is 4.32. The summed E-state index contributed by atoms with van der Waals surface area (Å²) < 4.78 is 10.7. The molecule has 0 aliphatic carbocycles. The van der Waals surface area contributed by atoms with E-state index in [1.54, 1.807) is 0 Å². The zero-order chi connectivity index (χ0) is 15.8. The Hall–Kier alpha value is -0.650. The van der Waals surface area contributed by atoms with Gasteiger partial charge in [0.15, 0.2) is 0 Å². The Balaban J connectivity index is 1.77. The molecule has 0 amide bonds. The van der Waals surface area contributed by atoms with Gasteiger partial charge in [-0.3, -0.25) is 14.6 Å². The molecule has 0 saturated carbocycles. The van der Waals surface area contributed by atoms with Gasteiger partial charge in [-0.1, -0.05) is 13.3 Å². The molecular formula is C17H32N2O3. The van der Waals surface area contributed by atoms with Crippen molar-refractivity contribution in [1.29, 1.82) is 0 Å². The highest BCUT2D eigenvalue weighted by Crippen LogP contribution is 2.22. The van der Waals surface area contributed by atoms with Gasteiger partial charge in [0.1, 0.15) is 6.04 Å². The van der Waals surface area contributed by atoms with Crippen molar-refractivity contribution in [3.05, 3.63) is 0 Å². The fourth-order valence-electron chi connectivity index (χ4n) is 3.56. The third kappa shape index (κ3) is 5.21. The van der Waals surface area contributed by atoms with E-state index < -0.39 is 0 Å². The highest BCUT2D eigenvalue weighted by molar-refractivity contribution is 5.75. The number of morpholine rings is 1. The fraction of sp³-hybridized carbons (Fsp3) is 0.941. The summed E-state index contributed by atoms with van der Waals surface area (Å²) in [5.74, 6) is 0.731. The van der Waals surface area contributed by atoms with E-state index in [-0.39, 0.29) is 12.0 Å². The molecule has 0 bridgehead atoms. The van der Waals surface area contributed by atoms with Crippen molar-refractivity contribution in [1.82, 2.24) is 9.80 Å². The molecule has 0 spiro atoms. The Labute approximate surface area is 134 Å². The van der Waals surface area contributed by atoms with Gasteiger partial charge in [0.2, 0.25) is 0 Å². The van der Waals surface area contributed by atoms with Crippen LogP contribution in [0.2, 0.25) is 0 Å². The number of carbonyl (C=O) groups is 1. The Bertz CT molecular complexity index is 324. The van der Waals surface area contributed by atoms with Crippen LogP contribution in [0.15, 0.2) is 0 Å². The first-order valence-corrected chi connectivity index (χ1v) is 8.95. The van der Waals surface area contributed by atoms with Gasteiger partial charge in [-0.25, -0.2) is 0 Å². The number of hydrogen-bond acceptors (Lipinski definition) is 5. The second-order valence-corrected chi connectivity index (χ2v) is 6.45. The van der Waals surface area contributed by atoms with E-state index in [0.717, 1.165) is 58.2 Å². The predicted molar refractivity (Wildman–Crippen MR) is 86.9 cm³/mol. The lowest BCUT2D eigenvalue weighted by Gasteiger charge is -2.38. The Morgan fingerprint density at radius 3 is 2.45 bits per heavy atom. The Morgan fingerprint density at radius 1 is 1.18 bits per heavy atom. The van der Waals surface area contributed by atoms with Gasteiger partial charge in [0.25, 0.3) is 0 Å². The number of carbonyl (C=O) groups excluding carboxylic acids is 1. The molecule has 0 N–H and O–H groups in total. The summed E-state index contributed by atoms with van der Waals surface area (Å²) in [6.45, 7) is 11.6. The minimum Gasteiger partial charge on any atom is -0.465 e. The summed E-state index contributed by atoms with van der Waals surface area (Å²) >= 11 is 0. The second-order valence-electron chi connectivity index (χ2n) is 6.45. The molecule has 128 valence electrons. The zero-order valence-corrected chi connectivity index (χ0v) is 14.3. The van der Waals surface area contributed by atoms with E-state index in [2.05, 4.69) is 16.7 Å². The summed E-state index contributed by atoms with van der Waals surface area (Å²) in [6, 6.07) is -0.0331. The van der Waals surface area contributed by atoms with E-state index in [0.29, 0.717) is 6.61 Å². The van der Waals surface area contributed by atoms with Crippen LogP contribution < -0.4 is 0 Å². The van der Waals surface area contributed by atoms with E-state index in [9.17, 15) is 4.79 Å². The van der Waals surface area contributed by atoms with Gasteiger partial charge >= 0.3 is 5.97 Å². The van der Waals surface area contributed by atoms with E-state index in [4.69, 9.17) is 9.47 Å². The average molecular weight is 312 g/mol. The molecule has 5 heteroatoms. The molecule has 2 aliphatic heterocycles. The molecule has 0 aromatic rings. The van der Waals surface area contributed by atoms with Gasteiger partial charge in [-0.2, -0.15) is 0 Å². The Kier molecular flexibility index (Phi) is 7.63. The number of nitrogens with zero attached hydrogens (tertiary/aromatic N) is 2. The van der Waals surface area contributed by atoms with Crippen molar-refractivity contribution in [3.63, 3.8) is 0 Å². The monoisotopic (exact) mass is 312 g/mol. The number of likely N-dealkylation sites (tertiary alicyclic amines) is 1. The van der Waals surface area contributed by atoms with E-state index >= 15 is 0 Å². The van der Waals surface area contributed by atoms with Crippen LogP contribution in [0.4, 0.5) is 0 Å². The second kappa shape index (κ2) is 9.48. The fourth-order valence-corrected chi connectivity index (χ4v) is 3.56. The lowest BCUT2D eigenvalue weighted by Crippen LogP contribution is -2.48. The van der Waals surface area contributed by atoms with Crippen LogP contribution in [0.25, 0.3) is 0 Å². The number of ether oxygens (including phenoxy) is 2. The minimum atomic E-state index is -0.0331. The first kappa shape index (κ1) is 17.7. The molecule has 2 saturated heterocycles. The van der Waals surface area contributed by atoms with Gasteiger partial charge in [0.05, 0.1) is 19.8 Å². The molecule has 5 nitrogen and oxygen atoms in total. The molecule has 1 atom stereocenters. The molecule has 2 rings (SSSR count). The number of esters is 1. The van der Waals surface area contributed by atoms with Crippen molar-refractivity contribution in [2.45, 2.75) is 45.6 Å². The maximum atomic E-state index is 12.1. The quantitative estimate of drug-likeness (QED) is 0.670. The highest BCUT2D eigenvalue weighted by Gasteiger charge is 2.30. The summed E-state index contributed by atoms with van der Waals surface area (Å²) in [7, 11) is 0. The van der Waals surface area contributed by atoms with Crippen LogP contribution in [0, 0.1) is 5.92 Å². The molecule has 2 heterocycles. The van der Waals surface area contributed by atoms with Crippen LogP contribution >= 0.6 is 0 Å². The third-order valence-corrected chi connectivity index (χ3v) is 4.83. The molecule has 2 fully saturated rings. The smallest absolute Gasteiger partial charge is 0.323 e. The molecule has 22 heavy (non-hydrogen) atoms. The molecule has 0 radical (unpaired) electrons. The van der Waals surface area contributed by atoms with Crippen LogP contribution in [0.3, 0.4) is 0 Å². The zero-order valence-electron chi connectivity index (χ0n) is 14.3. The van der Waals surface area contributed by atoms with Crippen molar-refractivity contribution in [3.8, 4) is 0 Å². The lowest BCUT2D eigenvalue weighted by molar-refractivity contribution is -0.150. The van der Waals surface area contributed by atoms with Crippen LogP contribution in [-0.2, 0) is 14.3 Å². The maximum Gasteiger partial charge on any atom is 0.323 e. The first-order valence-electron chi connectivity index (χ1n) is 8.95. The molecule has 0 aromatic heterocycles. The van der Waals surface area contributed by atoms with Crippen molar-refractivity contribution >= 4 is 5.97 Å². The molecule has 2 aliphatic rings. The minimum absolute atomic E-state index is 0.0315. The van der Waals surface area contributed by atoms with Gasteiger partial charge in [-0.15, -0.1) is 0 Å². The summed E-state index contributed by atoms with van der Waals surface area (Å²) in [5.41, 5.74) is 0. The maximum absolute atomic E-state index is 12.1. The summed E-state index contributed by atoms with van der Waals surface area (Å²) in [5, 5.41) is 0. The first-order chi connectivity index (χ1) is 10.7. The van der Waals surface area contributed by atoms with E-state index in [1.807, 2.05) is 6.92 Å². The third-order valence-electron chi connectivity index (χ3n) is 4.83. The van der Waals surface area contributed by atoms with Crippen LogP contribution in [-0.4, -0.2) is 74.4 Å². The van der Waals surface area contributed by atoms with Crippen LogP contribution in [0.1, 0.15) is 39.5 Å². The molecular weight excluding hydrogens is 280 g/mol. The normalized spacial score (nSPS) is 23.4. The number of hydrogen-bond donors (Lipinski definition) is 0. The molecule has 0 unspecified atom stereocenters. The van der Waals surface area contributed by atoms with E-state index in [1.165, 1.54) is 19.4 Å². The van der Waals surface area contributed by atoms with Gasteiger partial charge in [-0.05, 0) is 45.2 Å². The van der Waals surface area contributed by atoms with Crippen molar-refractivity contribution in [2.24, 2.45) is 5.92 Å². The predicted octanol–water partition coefficient (Wildman–Crippen LogP) is 1.76. The average Bonchev–Trinajstić information content (AvgIpc) is 2.55. The highest BCUT2D eigenvalue weighted by atomic mass is 16.5. The number of rotatable bonds is 7. The topological polar surface area (TPSA) is 42.0 Å². The standard InChI is InChI=1S/C17H32N2O3/c1-3-5-16(17(20)22-4-2)19-8-6-15(7-9-19)14-18-10-12-21-13-11-18/h15-16H,3-14H2,1-2H3/t16-/m0/s1. The Morgan fingerprint density at radius 2 is 1.86 bits per heavy atom. The van der Waals surface area contributed by atoms with Gasteiger partial charge < -0.3 is 9.47 Å². The number of piperidine rings is 1.